The van der Waals surface area contributed by atoms with Crippen molar-refractivity contribution in [2.24, 2.45) is 0 Å². The highest BCUT2D eigenvalue weighted by atomic mass is 19.4. The molecule has 0 saturated heterocycles. The molecule has 0 fully saturated rings. The molecule has 0 saturated carbocycles. The fourth-order valence-electron chi connectivity index (χ4n) is 0.916. The maximum Gasteiger partial charge on any atom is 0.460 e. The summed E-state index contributed by atoms with van der Waals surface area (Å²) in [6, 6.07) is 0. The van der Waals surface area contributed by atoms with Crippen molar-refractivity contribution < 1.29 is 80.4 Å². The summed E-state index contributed by atoms with van der Waals surface area (Å²) in [7, 11) is 0. The molecular formula is C8H3F15O3. The van der Waals surface area contributed by atoms with Crippen LogP contribution in [0.5, 0.6) is 0 Å². The Kier molecular flexibility index (Phi) is 6.47. The summed E-state index contributed by atoms with van der Waals surface area (Å²) in [4.78, 5) is 0. The molecule has 0 spiro atoms. The second-order valence-electron chi connectivity index (χ2n) is 4.17. The monoisotopic (exact) mass is 432 g/mol. The van der Waals surface area contributed by atoms with Crippen LogP contribution in [-0.4, -0.2) is 54.2 Å². The Balaban J connectivity index is 5.57. The first-order chi connectivity index (χ1) is 11.0. The van der Waals surface area contributed by atoms with Crippen molar-refractivity contribution >= 4 is 0 Å². The van der Waals surface area contributed by atoms with Gasteiger partial charge in [0, 0.05) is 0 Å². The van der Waals surface area contributed by atoms with E-state index in [1.807, 2.05) is 0 Å². The molecule has 0 aliphatic carbocycles. The highest BCUT2D eigenvalue weighted by Gasteiger charge is 2.84. The van der Waals surface area contributed by atoms with Gasteiger partial charge in [0.25, 0.3) is 12.6 Å². The van der Waals surface area contributed by atoms with E-state index >= 15 is 0 Å². The molecule has 0 aliphatic rings. The summed E-state index contributed by atoms with van der Waals surface area (Å²) in [5.41, 5.74) is 0. The van der Waals surface area contributed by atoms with Crippen LogP contribution in [0.25, 0.3) is 0 Å². The van der Waals surface area contributed by atoms with Crippen LogP contribution in [0.3, 0.4) is 0 Å². The summed E-state index contributed by atoms with van der Waals surface area (Å²) in [6.07, 6.45) is -37.1. The third-order valence-electron chi connectivity index (χ3n) is 2.17. The SMILES string of the molecule is OC(OC(F)C(F)(F)F)C(F)(F)OC(F)(F)C(F)(F)C(F)(F)C(F)(F)F. The second kappa shape index (κ2) is 6.77. The lowest BCUT2D eigenvalue weighted by Gasteiger charge is -2.35. The minimum Gasteiger partial charge on any atom is -0.361 e. The first-order valence-electron chi connectivity index (χ1n) is 5.33. The van der Waals surface area contributed by atoms with Gasteiger partial charge in [-0.1, -0.05) is 0 Å². The normalized spacial score (nSPS) is 18.0. The van der Waals surface area contributed by atoms with Gasteiger partial charge in [0.1, 0.15) is 0 Å². The number of rotatable bonds is 7. The Labute approximate surface area is 131 Å². The molecule has 1 N–H and O–H groups in total. The lowest BCUT2D eigenvalue weighted by Crippen LogP contribution is -2.63. The maximum absolute atomic E-state index is 12.8. The van der Waals surface area contributed by atoms with Crippen molar-refractivity contribution in [3.8, 4) is 0 Å². The van der Waals surface area contributed by atoms with Gasteiger partial charge in [0.05, 0.1) is 0 Å². The quantitative estimate of drug-likeness (QED) is 0.484. The molecule has 0 aliphatic heterocycles. The molecule has 0 aromatic heterocycles. The summed E-state index contributed by atoms with van der Waals surface area (Å²) in [5, 5.41) is 8.28. The summed E-state index contributed by atoms with van der Waals surface area (Å²) in [5.74, 6) is -15.4. The molecule has 2 unspecified atom stereocenters. The second-order valence-corrected chi connectivity index (χ2v) is 4.17. The van der Waals surface area contributed by atoms with Crippen molar-refractivity contribution in [3.63, 3.8) is 0 Å². The Hall–Kier alpha value is -1.17. The van der Waals surface area contributed by atoms with Gasteiger partial charge in [-0.15, -0.1) is 0 Å². The van der Waals surface area contributed by atoms with Crippen molar-refractivity contribution in [2.75, 3.05) is 0 Å². The van der Waals surface area contributed by atoms with E-state index < -0.39 is 49.1 Å². The number of alkyl halides is 15. The number of aliphatic hydroxyl groups excluding tert-OH is 1. The average Bonchev–Trinajstić information content (AvgIpc) is 2.34. The number of hydrogen-bond acceptors (Lipinski definition) is 3. The fraction of sp³-hybridized carbons (Fsp3) is 1.00. The molecule has 0 radical (unpaired) electrons. The van der Waals surface area contributed by atoms with Crippen LogP contribution in [0.15, 0.2) is 0 Å². The molecule has 0 amide bonds. The first-order valence-corrected chi connectivity index (χ1v) is 5.33. The van der Waals surface area contributed by atoms with Crippen molar-refractivity contribution in [3.05, 3.63) is 0 Å². The zero-order valence-electron chi connectivity index (χ0n) is 11.1. The predicted molar refractivity (Wildman–Crippen MR) is 45.0 cm³/mol. The van der Waals surface area contributed by atoms with E-state index in [9.17, 15) is 65.9 Å². The van der Waals surface area contributed by atoms with Crippen LogP contribution >= 0.6 is 0 Å². The Morgan fingerprint density at radius 3 is 1.35 bits per heavy atom. The number of halogens is 15. The van der Waals surface area contributed by atoms with Gasteiger partial charge in [-0.3, -0.25) is 0 Å². The number of ether oxygens (including phenoxy) is 2. The lowest BCUT2D eigenvalue weighted by molar-refractivity contribution is -0.505. The van der Waals surface area contributed by atoms with Crippen molar-refractivity contribution in [1.29, 1.82) is 0 Å². The minimum absolute atomic E-state index is 1.64. The lowest BCUT2D eigenvalue weighted by atomic mass is 10.1. The van der Waals surface area contributed by atoms with Crippen molar-refractivity contribution in [1.82, 2.24) is 0 Å². The Morgan fingerprint density at radius 2 is 1.04 bits per heavy atom. The largest absolute Gasteiger partial charge is 0.460 e. The topological polar surface area (TPSA) is 38.7 Å². The van der Waals surface area contributed by atoms with Crippen molar-refractivity contribution in [2.45, 2.75) is 49.1 Å². The van der Waals surface area contributed by atoms with Gasteiger partial charge in [-0.05, 0) is 0 Å². The zero-order chi connectivity index (χ0) is 21.6. The van der Waals surface area contributed by atoms with Crippen LogP contribution in [0.4, 0.5) is 65.9 Å². The fourth-order valence-corrected chi connectivity index (χ4v) is 0.916. The van der Waals surface area contributed by atoms with E-state index in [4.69, 9.17) is 5.11 Å². The molecule has 158 valence electrons. The van der Waals surface area contributed by atoms with Crippen LogP contribution in [0.2, 0.25) is 0 Å². The highest BCUT2D eigenvalue weighted by molar-refractivity contribution is 4.97. The van der Waals surface area contributed by atoms with E-state index in [-0.39, 0.29) is 0 Å². The third-order valence-corrected chi connectivity index (χ3v) is 2.17. The summed E-state index contributed by atoms with van der Waals surface area (Å²) >= 11 is 0. The number of aliphatic hydroxyl groups is 1. The molecule has 2 atom stereocenters. The molecule has 18 heteroatoms. The van der Waals surface area contributed by atoms with E-state index in [0.29, 0.717) is 0 Å². The van der Waals surface area contributed by atoms with Gasteiger partial charge >= 0.3 is 36.4 Å². The van der Waals surface area contributed by atoms with Crippen LogP contribution in [-0.2, 0) is 9.47 Å². The zero-order valence-corrected chi connectivity index (χ0v) is 11.1. The van der Waals surface area contributed by atoms with E-state index in [1.165, 1.54) is 0 Å². The molecular weight excluding hydrogens is 429 g/mol. The smallest absolute Gasteiger partial charge is 0.361 e. The molecule has 0 heterocycles. The van der Waals surface area contributed by atoms with E-state index in [1.54, 1.807) is 4.74 Å². The van der Waals surface area contributed by atoms with E-state index in [0.717, 1.165) is 0 Å². The Morgan fingerprint density at radius 1 is 0.654 bits per heavy atom. The van der Waals surface area contributed by atoms with Gasteiger partial charge in [-0.25, -0.2) is 9.13 Å². The van der Waals surface area contributed by atoms with Gasteiger partial charge in [0.2, 0.25) is 0 Å². The molecule has 0 aromatic rings. The Bertz CT molecular complexity index is 480. The molecule has 26 heavy (non-hydrogen) atoms. The van der Waals surface area contributed by atoms with Gasteiger partial charge in [0.15, 0.2) is 0 Å². The predicted octanol–water partition coefficient (Wildman–Crippen LogP) is 4.21. The molecule has 0 bridgehead atoms. The van der Waals surface area contributed by atoms with E-state index in [2.05, 4.69) is 4.74 Å². The highest BCUT2D eigenvalue weighted by Crippen LogP contribution is 2.54. The summed E-state index contributed by atoms with van der Waals surface area (Å²) < 4.78 is 187. The van der Waals surface area contributed by atoms with Crippen LogP contribution in [0.1, 0.15) is 0 Å². The van der Waals surface area contributed by atoms with Crippen LogP contribution < -0.4 is 0 Å². The first kappa shape index (κ1) is 24.8. The molecule has 0 rings (SSSR count). The maximum atomic E-state index is 12.8. The number of hydrogen-bond donors (Lipinski definition) is 1. The average molecular weight is 432 g/mol. The van der Waals surface area contributed by atoms with Gasteiger partial charge in [-0.2, -0.15) is 61.5 Å². The third kappa shape index (κ3) is 4.76. The standard InChI is InChI=1S/C8H3F15O3/c9-1(3(10,11)12)25-2(24)4(13,14)26-8(22,23)6(17,18)5(15,16)7(19,20)21/h1-2,24H. The summed E-state index contributed by atoms with van der Waals surface area (Å²) in [6.45, 7) is 0. The van der Waals surface area contributed by atoms with Gasteiger partial charge < -0.3 is 9.84 Å². The van der Waals surface area contributed by atoms with Crippen LogP contribution in [0, 0.1) is 0 Å². The molecule has 3 nitrogen and oxygen atoms in total. The minimum atomic E-state index is -7.74. The molecule has 0 aromatic carbocycles.